The lowest BCUT2D eigenvalue weighted by Gasteiger charge is -1.95. The van der Waals surface area contributed by atoms with Crippen molar-refractivity contribution in [1.82, 2.24) is 15.2 Å². The van der Waals surface area contributed by atoms with Gasteiger partial charge >= 0.3 is 5.97 Å². The molecule has 0 atom stereocenters. The molecule has 2 aromatic heterocycles. The summed E-state index contributed by atoms with van der Waals surface area (Å²) in [4.78, 5) is 14.5. The molecule has 0 saturated heterocycles. The van der Waals surface area contributed by atoms with Gasteiger partial charge in [-0.1, -0.05) is 6.92 Å². The molecule has 0 bridgehead atoms. The molecule has 16 heavy (non-hydrogen) atoms. The maximum absolute atomic E-state index is 10.6. The quantitative estimate of drug-likeness (QED) is 0.839. The third-order valence-electron chi connectivity index (χ3n) is 2.00. The van der Waals surface area contributed by atoms with Crippen LogP contribution in [0.1, 0.15) is 23.2 Å². The van der Waals surface area contributed by atoms with Crippen LogP contribution in [0, 0.1) is 0 Å². The molecular weight excluding hydrogens is 210 g/mol. The van der Waals surface area contributed by atoms with Gasteiger partial charge in [0.25, 0.3) is 5.89 Å². The lowest BCUT2D eigenvalue weighted by Crippen LogP contribution is -1.97. The predicted molar refractivity (Wildman–Crippen MR) is 53.9 cm³/mol. The van der Waals surface area contributed by atoms with Gasteiger partial charge in [0, 0.05) is 12.6 Å². The molecule has 0 spiro atoms. The number of rotatable bonds is 3. The molecule has 0 unspecified atom stereocenters. The third kappa shape index (κ3) is 1.90. The SMILES string of the molecule is CCc1nnc(-c2ccc(C(=O)O)cn2)o1. The van der Waals surface area contributed by atoms with Gasteiger partial charge in [-0.15, -0.1) is 10.2 Å². The molecule has 0 radical (unpaired) electrons. The normalized spacial score (nSPS) is 10.3. The standard InChI is InChI=1S/C10H9N3O3/c1-2-8-12-13-9(16-8)7-4-3-6(5-11-7)10(14)15/h3-5H,2H2,1H3,(H,14,15). The van der Waals surface area contributed by atoms with E-state index in [1.165, 1.54) is 18.3 Å². The Morgan fingerprint density at radius 1 is 1.44 bits per heavy atom. The Morgan fingerprint density at radius 3 is 2.75 bits per heavy atom. The highest BCUT2D eigenvalue weighted by Crippen LogP contribution is 2.15. The van der Waals surface area contributed by atoms with Crippen molar-refractivity contribution in [1.29, 1.82) is 0 Å². The highest BCUT2D eigenvalue weighted by atomic mass is 16.4. The monoisotopic (exact) mass is 219 g/mol. The van der Waals surface area contributed by atoms with Gasteiger partial charge in [0.1, 0.15) is 5.69 Å². The molecule has 0 aliphatic heterocycles. The Labute approximate surface area is 91.0 Å². The van der Waals surface area contributed by atoms with Crippen molar-refractivity contribution in [3.63, 3.8) is 0 Å². The molecule has 0 fully saturated rings. The van der Waals surface area contributed by atoms with Crippen molar-refractivity contribution >= 4 is 5.97 Å². The van der Waals surface area contributed by atoms with E-state index in [-0.39, 0.29) is 5.56 Å². The second kappa shape index (κ2) is 4.09. The number of aromatic nitrogens is 3. The third-order valence-corrected chi connectivity index (χ3v) is 2.00. The Kier molecular flexibility index (Phi) is 2.63. The second-order valence-corrected chi connectivity index (χ2v) is 3.09. The lowest BCUT2D eigenvalue weighted by molar-refractivity contribution is 0.0696. The van der Waals surface area contributed by atoms with Gasteiger partial charge in [-0.25, -0.2) is 4.79 Å². The first kappa shape index (κ1) is 10.3. The first-order chi connectivity index (χ1) is 7.70. The van der Waals surface area contributed by atoms with E-state index in [0.29, 0.717) is 23.9 Å². The smallest absolute Gasteiger partial charge is 0.337 e. The minimum atomic E-state index is -1.01. The number of aryl methyl sites for hydroxylation is 1. The van der Waals surface area contributed by atoms with Crippen LogP contribution in [-0.2, 0) is 6.42 Å². The van der Waals surface area contributed by atoms with Crippen LogP contribution >= 0.6 is 0 Å². The van der Waals surface area contributed by atoms with E-state index in [2.05, 4.69) is 15.2 Å². The summed E-state index contributed by atoms with van der Waals surface area (Å²) in [5.74, 6) is -0.188. The van der Waals surface area contributed by atoms with Crippen LogP contribution in [0.15, 0.2) is 22.7 Å². The summed E-state index contributed by atoms with van der Waals surface area (Å²) >= 11 is 0. The predicted octanol–water partition coefficient (Wildman–Crippen LogP) is 1.39. The molecule has 6 nitrogen and oxygen atoms in total. The number of nitrogens with zero attached hydrogens (tertiary/aromatic N) is 3. The average Bonchev–Trinajstić information content (AvgIpc) is 2.77. The van der Waals surface area contributed by atoms with E-state index in [4.69, 9.17) is 9.52 Å². The minimum Gasteiger partial charge on any atom is -0.478 e. The summed E-state index contributed by atoms with van der Waals surface area (Å²) in [5.41, 5.74) is 0.594. The summed E-state index contributed by atoms with van der Waals surface area (Å²) in [6, 6.07) is 2.98. The maximum Gasteiger partial charge on any atom is 0.337 e. The van der Waals surface area contributed by atoms with E-state index in [0.717, 1.165) is 0 Å². The molecule has 0 aliphatic rings. The molecule has 0 aromatic carbocycles. The van der Waals surface area contributed by atoms with E-state index in [1.54, 1.807) is 0 Å². The number of carboxylic acid groups (broad SMARTS) is 1. The summed E-state index contributed by atoms with van der Waals surface area (Å²) in [6.45, 7) is 1.90. The van der Waals surface area contributed by atoms with Gasteiger partial charge in [0.15, 0.2) is 0 Å². The van der Waals surface area contributed by atoms with Crippen molar-refractivity contribution in [3.8, 4) is 11.6 Å². The van der Waals surface area contributed by atoms with Crippen molar-refractivity contribution < 1.29 is 14.3 Å². The van der Waals surface area contributed by atoms with Crippen molar-refractivity contribution in [3.05, 3.63) is 29.8 Å². The fourth-order valence-electron chi connectivity index (χ4n) is 1.15. The zero-order valence-corrected chi connectivity index (χ0v) is 8.54. The van der Waals surface area contributed by atoms with Crippen LogP contribution < -0.4 is 0 Å². The summed E-state index contributed by atoms with van der Waals surface area (Å²) in [6.07, 6.45) is 1.91. The maximum atomic E-state index is 10.6. The van der Waals surface area contributed by atoms with Crippen LogP contribution in [0.25, 0.3) is 11.6 Å². The van der Waals surface area contributed by atoms with Gasteiger partial charge in [-0.05, 0) is 12.1 Å². The molecule has 2 heterocycles. The van der Waals surface area contributed by atoms with E-state index in [9.17, 15) is 4.79 Å². The number of aromatic carboxylic acids is 1. The summed E-state index contributed by atoms with van der Waals surface area (Å²) < 4.78 is 5.29. The Balaban J connectivity index is 2.30. The molecule has 0 amide bonds. The second-order valence-electron chi connectivity index (χ2n) is 3.09. The Hall–Kier alpha value is -2.24. The number of carboxylic acids is 1. The van der Waals surface area contributed by atoms with Gasteiger partial charge in [-0.2, -0.15) is 0 Å². The molecule has 82 valence electrons. The zero-order chi connectivity index (χ0) is 11.5. The molecular formula is C10H9N3O3. The van der Waals surface area contributed by atoms with E-state index < -0.39 is 5.97 Å². The fraction of sp³-hybridized carbons (Fsp3) is 0.200. The fourth-order valence-corrected chi connectivity index (χ4v) is 1.15. The lowest BCUT2D eigenvalue weighted by atomic mass is 10.2. The van der Waals surface area contributed by atoms with Gasteiger partial charge < -0.3 is 9.52 Å². The van der Waals surface area contributed by atoms with Crippen molar-refractivity contribution in [2.45, 2.75) is 13.3 Å². The number of hydrogen-bond donors (Lipinski definition) is 1. The minimum absolute atomic E-state index is 0.124. The van der Waals surface area contributed by atoms with Gasteiger partial charge in [0.05, 0.1) is 5.56 Å². The number of carbonyl (C=O) groups is 1. The number of hydrogen-bond acceptors (Lipinski definition) is 5. The zero-order valence-electron chi connectivity index (χ0n) is 8.54. The van der Waals surface area contributed by atoms with E-state index >= 15 is 0 Å². The average molecular weight is 219 g/mol. The van der Waals surface area contributed by atoms with Gasteiger partial charge in [-0.3, -0.25) is 4.98 Å². The van der Waals surface area contributed by atoms with Crippen LogP contribution in [0.5, 0.6) is 0 Å². The van der Waals surface area contributed by atoms with Crippen LogP contribution in [0.3, 0.4) is 0 Å². The highest BCUT2D eigenvalue weighted by molar-refractivity contribution is 5.87. The molecule has 2 rings (SSSR count). The molecule has 0 aliphatic carbocycles. The first-order valence-electron chi connectivity index (χ1n) is 4.73. The Morgan fingerprint density at radius 2 is 2.25 bits per heavy atom. The summed E-state index contributed by atoms with van der Waals surface area (Å²) in [5, 5.41) is 16.3. The molecule has 2 aromatic rings. The topological polar surface area (TPSA) is 89.1 Å². The van der Waals surface area contributed by atoms with Crippen molar-refractivity contribution in [2.75, 3.05) is 0 Å². The Bertz CT molecular complexity index is 504. The molecule has 0 saturated carbocycles. The van der Waals surface area contributed by atoms with Crippen LogP contribution in [-0.4, -0.2) is 26.3 Å². The summed E-state index contributed by atoms with van der Waals surface area (Å²) in [7, 11) is 0. The highest BCUT2D eigenvalue weighted by Gasteiger charge is 2.09. The first-order valence-corrected chi connectivity index (χ1v) is 4.73. The van der Waals surface area contributed by atoms with Crippen LogP contribution in [0.4, 0.5) is 0 Å². The molecule has 6 heteroatoms. The van der Waals surface area contributed by atoms with Crippen molar-refractivity contribution in [2.24, 2.45) is 0 Å². The molecule has 1 N–H and O–H groups in total. The van der Waals surface area contributed by atoms with E-state index in [1.807, 2.05) is 6.92 Å². The number of pyridine rings is 1. The van der Waals surface area contributed by atoms with Crippen LogP contribution in [0.2, 0.25) is 0 Å². The van der Waals surface area contributed by atoms with Gasteiger partial charge in [0.2, 0.25) is 5.89 Å². The largest absolute Gasteiger partial charge is 0.478 e.